The molecule has 0 saturated carbocycles. The molecule has 5 heteroatoms. The third-order valence-corrected chi connectivity index (χ3v) is 3.38. The van der Waals surface area contributed by atoms with Crippen LogP contribution in [0.3, 0.4) is 0 Å². The van der Waals surface area contributed by atoms with Crippen molar-refractivity contribution in [2.24, 2.45) is 0 Å². The Hall–Kier alpha value is -1.75. The molecule has 1 aliphatic heterocycles. The normalized spacial score (nSPS) is 20.8. The summed E-state index contributed by atoms with van der Waals surface area (Å²) in [5.41, 5.74) is -0.305. The van der Waals surface area contributed by atoms with Gasteiger partial charge in [-0.15, -0.1) is 0 Å². The van der Waals surface area contributed by atoms with Crippen molar-refractivity contribution in [1.82, 2.24) is 4.90 Å². The Balaban J connectivity index is 2.02. The summed E-state index contributed by atoms with van der Waals surface area (Å²) in [4.78, 5) is 14.0. The van der Waals surface area contributed by atoms with Crippen LogP contribution in [0.1, 0.15) is 20.8 Å². The summed E-state index contributed by atoms with van der Waals surface area (Å²) >= 11 is 0. The molecule has 1 aromatic rings. The van der Waals surface area contributed by atoms with E-state index in [9.17, 15) is 4.79 Å². The molecule has 20 heavy (non-hydrogen) atoms. The minimum atomic E-state index is -0.305. The molecule has 1 atom stereocenters. The predicted molar refractivity (Wildman–Crippen MR) is 74.8 cm³/mol. The van der Waals surface area contributed by atoms with E-state index in [2.05, 4.69) is 0 Å². The summed E-state index contributed by atoms with van der Waals surface area (Å²) in [5, 5.41) is 0. The van der Waals surface area contributed by atoms with Crippen LogP contribution >= 0.6 is 0 Å². The van der Waals surface area contributed by atoms with Gasteiger partial charge in [0.25, 0.3) is 5.91 Å². The maximum Gasteiger partial charge on any atom is 0.263 e. The Kier molecular flexibility index (Phi) is 4.18. The third-order valence-electron chi connectivity index (χ3n) is 3.38. The van der Waals surface area contributed by atoms with Gasteiger partial charge in [0.15, 0.2) is 18.1 Å². The minimum Gasteiger partial charge on any atom is -0.493 e. The lowest BCUT2D eigenvalue weighted by Gasteiger charge is -2.32. The molecule has 1 heterocycles. The molecule has 1 fully saturated rings. The van der Waals surface area contributed by atoms with Crippen molar-refractivity contribution in [3.05, 3.63) is 24.3 Å². The summed E-state index contributed by atoms with van der Waals surface area (Å²) in [6, 6.07) is 7.27. The molecule has 1 unspecified atom stereocenters. The van der Waals surface area contributed by atoms with Crippen molar-refractivity contribution in [2.45, 2.75) is 32.5 Å². The summed E-state index contributed by atoms with van der Waals surface area (Å²) < 4.78 is 16.3. The minimum absolute atomic E-state index is 0.0303. The van der Waals surface area contributed by atoms with Crippen molar-refractivity contribution in [3.8, 4) is 11.5 Å². The van der Waals surface area contributed by atoms with Gasteiger partial charge in [-0.1, -0.05) is 12.1 Å². The first kappa shape index (κ1) is 14.7. The Morgan fingerprint density at radius 1 is 1.40 bits per heavy atom. The van der Waals surface area contributed by atoms with Gasteiger partial charge in [-0.25, -0.2) is 0 Å². The highest BCUT2D eigenvalue weighted by Gasteiger charge is 2.41. The van der Waals surface area contributed by atoms with Gasteiger partial charge in [0.2, 0.25) is 0 Å². The zero-order valence-corrected chi connectivity index (χ0v) is 12.4. The van der Waals surface area contributed by atoms with Gasteiger partial charge in [-0.05, 0) is 32.9 Å². The highest BCUT2D eigenvalue weighted by Crippen LogP contribution is 2.28. The second kappa shape index (κ2) is 5.71. The quantitative estimate of drug-likeness (QED) is 0.846. The fourth-order valence-corrected chi connectivity index (χ4v) is 2.45. The molecule has 0 radical (unpaired) electrons. The van der Waals surface area contributed by atoms with Gasteiger partial charge >= 0.3 is 0 Å². The first-order valence-corrected chi connectivity index (χ1v) is 6.65. The smallest absolute Gasteiger partial charge is 0.263 e. The number of ether oxygens (including phenoxy) is 3. The number of nitrogens with zero attached hydrogens (tertiary/aromatic N) is 1. The molecule has 0 bridgehead atoms. The van der Waals surface area contributed by atoms with Crippen molar-refractivity contribution in [2.75, 3.05) is 20.3 Å². The molecule has 0 aliphatic carbocycles. The van der Waals surface area contributed by atoms with E-state index in [-0.39, 0.29) is 24.3 Å². The molecular formula is C15H21NO4. The first-order valence-electron chi connectivity index (χ1n) is 6.65. The summed E-state index contributed by atoms with van der Waals surface area (Å²) in [5.74, 6) is 1.09. The highest BCUT2D eigenvalue weighted by molar-refractivity contribution is 5.79. The van der Waals surface area contributed by atoms with E-state index in [1.165, 1.54) is 0 Å². The zero-order valence-electron chi connectivity index (χ0n) is 12.4. The second-order valence-corrected chi connectivity index (χ2v) is 5.43. The van der Waals surface area contributed by atoms with Crippen molar-refractivity contribution in [1.29, 1.82) is 0 Å². The fraction of sp³-hybridized carbons (Fsp3) is 0.533. The Labute approximate surface area is 119 Å². The molecule has 1 aliphatic rings. The number of para-hydroxylation sites is 2. The van der Waals surface area contributed by atoms with E-state index in [0.29, 0.717) is 18.1 Å². The topological polar surface area (TPSA) is 48.0 Å². The average Bonchev–Trinajstić information content (AvgIpc) is 2.70. The van der Waals surface area contributed by atoms with Crippen LogP contribution in [0, 0.1) is 0 Å². The van der Waals surface area contributed by atoms with Crippen molar-refractivity contribution >= 4 is 5.91 Å². The van der Waals surface area contributed by atoms with Gasteiger partial charge in [0.05, 0.1) is 19.3 Å². The van der Waals surface area contributed by atoms with E-state index in [0.717, 1.165) is 0 Å². The second-order valence-electron chi connectivity index (χ2n) is 5.43. The van der Waals surface area contributed by atoms with Crippen LogP contribution in [-0.4, -0.2) is 42.9 Å². The van der Waals surface area contributed by atoms with Gasteiger partial charge in [0, 0.05) is 0 Å². The van der Waals surface area contributed by atoms with Gasteiger partial charge < -0.3 is 19.1 Å². The number of rotatable bonds is 4. The molecule has 5 nitrogen and oxygen atoms in total. The lowest BCUT2D eigenvalue weighted by atomic mass is 10.1. The van der Waals surface area contributed by atoms with Gasteiger partial charge in [-0.3, -0.25) is 4.79 Å². The molecule has 0 spiro atoms. The predicted octanol–water partition coefficient (Wildman–Crippen LogP) is 2.06. The number of carbonyl (C=O) groups is 1. The molecule has 1 aromatic carbocycles. The molecule has 1 amide bonds. The maximum atomic E-state index is 12.3. The molecule has 0 N–H and O–H groups in total. The van der Waals surface area contributed by atoms with E-state index in [4.69, 9.17) is 14.2 Å². The summed E-state index contributed by atoms with van der Waals surface area (Å²) in [6.45, 7) is 6.34. The number of hydrogen-bond donors (Lipinski definition) is 0. The fourth-order valence-electron chi connectivity index (χ4n) is 2.45. The lowest BCUT2D eigenvalue weighted by molar-refractivity contribution is -0.141. The number of hydrogen-bond acceptors (Lipinski definition) is 4. The van der Waals surface area contributed by atoms with Crippen molar-refractivity contribution in [3.63, 3.8) is 0 Å². The first-order chi connectivity index (χ1) is 9.45. The third kappa shape index (κ3) is 2.88. The van der Waals surface area contributed by atoms with E-state index >= 15 is 0 Å². The summed E-state index contributed by atoms with van der Waals surface area (Å²) in [7, 11) is 1.57. The summed E-state index contributed by atoms with van der Waals surface area (Å²) in [6.07, 6.45) is -0.223. The largest absolute Gasteiger partial charge is 0.493 e. The van der Waals surface area contributed by atoms with Crippen LogP contribution in [0.15, 0.2) is 24.3 Å². The Bertz CT molecular complexity index is 487. The number of methoxy groups -OCH3 is 1. The highest BCUT2D eigenvalue weighted by atomic mass is 16.5. The van der Waals surface area contributed by atoms with E-state index < -0.39 is 0 Å². The van der Waals surface area contributed by atoms with Crippen LogP contribution in [0.25, 0.3) is 0 Å². The number of benzene rings is 1. The maximum absolute atomic E-state index is 12.3. The van der Waals surface area contributed by atoms with Gasteiger partial charge in [-0.2, -0.15) is 0 Å². The van der Waals surface area contributed by atoms with E-state index in [1.807, 2.05) is 32.9 Å². The Morgan fingerprint density at radius 3 is 2.60 bits per heavy atom. The molecule has 110 valence electrons. The van der Waals surface area contributed by atoms with Gasteiger partial charge in [0.1, 0.15) is 6.23 Å². The van der Waals surface area contributed by atoms with Crippen molar-refractivity contribution < 1.29 is 19.0 Å². The number of carbonyl (C=O) groups excluding carboxylic acids is 1. The standard InChI is InChI=1S/C15H21NO4/c1-11-16(15(2,3)10-20-11)14(17)9-19-13-8-6-5-7-12(13)18-4/h5-8,11H,9-10H2,1-4H3. The average molecular weight is 279 g/mol. The monoisotopic (exact) mass is 279 g/mol. The zero-order chi connectivity index (χ0) is 14.8. The molecular weight excluding hydrogens is 258 g/mol. The lowest BCUT2D eigenvalue weighted by Crippen LogP contribution is -2.49. The molecule has 0 aromatic heterocycles. The van der Waals surface area contributed by atoms with Crippen LogP contribution < -0.4 is 9.47 Å². The molecule has 1 saturated heterocycles. The number of amides is 1. The van der Waals surface area contributed by atoms with Crippen LogP contribution in [-0.2, 0) is 9.53 Å². The van der Waals surface area contributed by atoms with E-state index in [1.54, 1.807) is 24.1 Å². The van der Waals surface area contributed by atoms with Crippen LogP contribution in [0.2, 0.25) is 0 Å². The molecule has 2 rings (SSSR count). The SMILES string of the molecule is COc1ccccc1OCC(=O)N1C(C)OCC1(C)C. The van der Waals surface area contributed by atoms with Crippen LogP contribution in [0.5, 0.6) is 11.5 Å². The Morgan fingerprint density at radius 2 is 2.05 bits per heavy atom. The van der Waals surface area contributed by atoms with Crippen LogP contribution in [0.4, 0.5) is 0 Å².